The predicted octanol–water partition coefficient (Wildman–Crippen LogP) is 2.28. The van der Waals surface area contributed by atoms with Crippen molar-refractivity contribution in [3.05, 3.63) is 28.5 Å². The highest BCUT2D eigenvalue weighted by Gasteiger charge is 2.20. The summed E-state index contributed by atoms with van der Waals surface area (Å²) in [7, 11) is 1.13. The monoisotopic (exact) mass is 246 g/mol. The number of H-pyrrole nitrogens is 1. The average molecular weight is 247 g/mol. The molecule has 0 aliphatic carbocycles. The van der Waals surface area contributed by atoms with Gasteiger partial charge in [-0.2, -0.15) is 0 Å². The van der Waals surface area contributed by atoms with Crippen molar-refractivity contribution < 1.29 is 18.3 Å². The van der Waals surface area contributed by atoms with Crippen molar-refractivity contribution in [2.45, 2.75) is 0 Å². The van der Waals surface area contributed by atoms with Crippen LogP contribution in [0, 0.1) is 11.6 Å². The van der Waals surface area contributed by atoms with E-state index in [1.807, 2.05) is 0 Å². The van der Waals surface area contributed by atoms with Crippen LogP contribution in [0.25, 0.3) is 11.0 Å². The zero-order chi connectivity index (χ0) is 11.9. The molecule has 0 aliphatic heterocycles. The van der Waals surface area contributed by atoms with Crippen molar-refractivity contribution in [2.75, 3.05) is 7.11 Å². The van der Waals surface area contributed by atoms with Crippen LogP contribution in [0.2, 0.25) is 5.28 Å². The number of esters is 1. The van der Waals surface area contributed by atoms with Crippen molar-refractivity contribution in [1.82, 2.24) is 9.97 Å². The van der Waals surface area contributed by atoms with E-state index in [9.17, 15) is 13.6 Å². The molecule has 1 heterocycles. The quantitative estimate of drug-likeness (QED) is 0.786. The largest absolute Gasteiger partial charge is 0.465 e. The van der Waals surface area contributed by atoms with E-state index in [-0.39, 0.29) is 21.9 Å². The molecule has 84 valence electrons. The van der Waals surface area contributed by atoms with Gasteiger partial charge in [0.25, 0.3) is 0 Å². The third-order valence-corrected chi connectivity index (χ3v) is 2.22. The standard InChI is InChI=1S/C9H5ClF2N2O2/c1-16-8(15)3-2-4(11)5(12)7-6(3)13-9(10)14-7/h2H,1H3,(H,13,14). The van der Waals surface area contributed by atoms with Crippen LogP contribution in [0.4, 0.5) is 8.78 Å². The highest BCUT2D eigenvalue weighted by Crippen LogP contribution is 2.24. The van der Waals surface area contributed by atoms with Crippen molar-refractivity contribution >= 4 is 28.6 Å². The predicted molar refractivity (Wildman–Crippen MR) is 52.4 cm³/mol. The first kappa shape index (κ1) is 10.8. The normalized spacial score (nSPS) is 10.8. The van der Waals surface area contributed by atoms with Gasteiger partial charge in [0.15, 0.2) is 11.6 Å². The third-order valence-electron chi connectivity index (χ3n) is 2.04. The average Bonchev–Trinajstić information content (AvgIpc) is 2.64. The van der Waals surface area contributed by atoms with Crippen LogP contribution in [0.3, 0.4) is 0 Å². The van der Waals surface area contributed by atoms with E-state index >= 15 is 0 Å². The van der Waals surface area contributed by atoms with Gasteiger partial charge in [-0.3, -0.25) is 0 Å². The molecule has 0 saturated heterocycles. The molecule has 0 radical (unpaired) electrons. The van der Waals surface area contributed by atoms with Crippen LogP contribution in [0.15, 0.2) is 6.07 Å². The number of imidazole rings is 1. The summed E-state index contributed by atoms with van der Waals surface area (Å²) in [5.74, 6) is -3.15. The second-order valence-electron chi connectivity index (χ2n) is 2.96. The Morgan fingerprint density at radius 2 is 2.25 bits per heavy atom. The number of methoxy groups -OCH3 is 1. The topological polar surface area (TPSA) is 55.0 Å². The van der Waals surface area contributed by atoms with Gasteiger partial charge < -0.3 is 9.72 Å². The second-order valence-corrected chi connectivity index (χ2v) is 3.32. The Hall–Kier alpha value is -1.69. The Morgan fingerprint density at radius 1 is 1.56 bits per heavy atom. The smallest absolute Gasteiger partial charge is 0.340 e. The fraction of sp³-hybridized carbons (Fsp3) is 0.111. The summed E-state index contributed by atoms with van der Waals surface area (Å²) in [6.07, 6.45) is 0. The number of hydrogen-bond acceptors (Lipinski definition) is 3. The van der Waals surface area contributed by atoms with Gasteiger partial charge in [-0.25, -0.2) is 18.6 Å². The molecule has 0 atom stereocenters. The fourth-order valence-corrected chi connectivity index (χ4v) is 1.52. The molecule has 0 unspecified atom stereocenters. The number of halogens is 3. The van der Waals surface area contributed by atoms with E-state index in [1.54, 1.807) is 0 Å². The van der Waals surface area contributed by atoms with Crippen molar-refractivity contribution in [1.29, 1.82) is 0 Å². The van der Waals surface area contributed by atoms with E-state index in [0.29, 0.717) is 0 Å². The van der Waals surface area contributed by atoms with E-state index in [2.05, 4.69) is 14.7 Å². The highest BCUT2D eigenvalue weighted by atomic mass is 35.5. The zero-order valence-electron chi connectivity index (χ0n) is 7.97. The lowest BCUT2D eigenvalue weighted by molar-refractivity contribution is 0.0602. The van der Waals surface area contributed by atoms with Gasteiger partial charge in [0.2, 0.25) is 5.28 Å². The molecular weight excluding hydrogens is 242 g/mol. The maximum absolute atomic E-state index is 13.3. The van der Waals surface area contributed by atoms with E-state index in [0.717, 1.165) is 13.2 Å². The number of ether oxygens (including phenoxy) is 1. The summed E-state index contributed by atoms with van der Waals surface area (Å²) in [6, 6.07) is 0.734. The number of carbonyl (C=O) groups excluding carboxylic acids is 1. The van der Waals surface area contributed by atoms with Gasteiger partial charge in [-0.15, -0.1) is 0 Å². The molecule has 0 saturated carbocycles. The summed E-state index contributed by atoms with van der Waals surface area (Å²) in [4.78, 5) is 17.3. The Kier molecular flexibility index (Phi) is 2.51. The Bertz CT molecular complexity index is 582. The number of aromatic amines is 1. The van der Waals surface area contributed by atoms with Gasteiger partial charge in [-0.05, 0) is 17.7 Å². The minimum Gasteiger partial charge on any atom is -0.465 e. The molecule has 1 aromatic heterocycles. The Balaban J connectivity index is 2.84. The van der Waals surface area contributed by atoms with Crippen LogP contribution < -0.4 is 0 Å². The molecule has 0 aliphatic rings. The molecule has 2 rings (SSSR count). The van der Waals surface area contributed by atoms with Gasteiger partial charge in [0.05, 0.1) is 18.2 Å². The van der Waals surface area contributed by atoms with Crippen LogP contribution >= 0.6 is 11.6 Å². The minimum atomic E-state index is -1.18. The lowest BCUT2D eigenvalue weighted by atomic mass is 10.1. The second kappa shape index (κ2) is 3.71. The molecule has 0 bridgehead atoms. The van der Waals surface area contributed by atoms with Crippen molar-refractivity contribution in [2.24, 2.45) is 0 Å². The number of fused-ring (bicyclic) bond motifs is 1. The SMILES string of the molecule is COC(=O)c1cc(F)c(F)c2nc(Cl)[nH]c12. The lowest BCUT2D eigenvalue weighted by Gasteiger charge is -2.01. The maximum Gasteiger partial charge on any atom is 0.340 e. The molecule has 0 amide bonds. The molecule has 0 fully saturated rings. The number of nitrogens with zero attached hydrogens (tertiary/aromatic N) is 1. The van der Waals surface area contributed by atoms with Crippen LogP contribution in [-0.4, -0.2) is 23.0 Å². The Morgan fingerprint density at radius 3 is 2.88 bits per heavy atom. The number of carbonyl (C=O) groups is 1. The highest BCUT2D eigenvalue weighted by molar-refractivity contribution is 6.29. The molecule has 16 heavy (non-hydrogen) atoms. The molecule has 2 aromatic rings. The molecule has 7 heteroatoms. The van der Waals surface area contributed by atoms with Gasteiger partial charge in [0, 0.05) is 0 Å². The first-order valence-corrected chi connectivity index (χ1v) is 4.54. The summed E-state index contributed by atoms with van der Waals surface area (Å²) in [5.41, 5.74) is -0.475. The van der Waals surface area contributed by atoms with E-state index < -0.39 is 17.6 Å². The van der Waals surface area contributed by atoms with Gasteiger partial charge in [0.1, 0.15) is 5.52 Å². The number of hydrogen-bond donors (Lipinski definition) is 1. The number of nitrogens with one attached hydrogen (secondary N) is 1. The fourth-order valence-electron chi connectivity index (χ4n) is 1.34. The van der Waals surface area contributed by atoms with Gasteiger partial charge >= 0.3 is 5.97 Å². The van der Waals surface area contributed by atoms with Crippen LogP contribution in [-0.2, 0) is 4.74 Å². The first-order chi connectivity index (χ1) is 7.54. The molecule has 4 nitrogen and oxygen atoms in total. The first-order valence-electron chi connectivity index (χ1n) is 4.16. The minimum absolute atomic E-state index is 0.00995. The molecule has 0 spiro atoms. The molecular formula is C9H5ClF2N2O2. The number of rotatable bonds is 1. The molecule has 1 N–H and O–H groups in total. The number of benzene rings is 1. The summed E-state index contributed by atoms with van der Waals surface area (Å²) < 4.78 is 30.9. The summed E-state index contributed by atoms with van der Waals surface area (Å²) in [5, 5.41) is -0.135. The van der Waals surface area contributed by atoms with E-state index in [4.69, 9.17) is 11.6 Å². The summed E-state index contributed by atoms with van der Waals surface area (Å²) >= 11 is 5.52. The zero-order valence-corrected chi connectivity index (χ0v) is 8.73. The van der Waals surface area contributed by atoms with Crippen LogP contribution in [0.5, 0.6) is 0 Å². The number of aromatic nitrogens is 2. The Labute approximate surface area is 93.2 Å². The van der Waals surface area contributed by atoms with E-state index in [1.165, 1.54) is 0 Å². The maximum atomic E-state index is 13.3. The molecule has 1 aromatic carbocycles. The van der Waals surface area contributed by atoms with Gasteiger partial charge in [-0.1, -0.05) is 0 Å². The summed E-state index contributed by atoms with van der Waals surface area (Å²) in [6.45, 7) is 0. The van der Waals surface area contributed by atoms with Crippen molar-refractivity contribution in [3.8, 4) is 0 Å². The van der Waals surface area contributed by atoms with Crippen molar-refractivity contribution in [3.63, 3.8) is 0 Å². The van der Waals surface area contributed by atoms with Crippen LogP contribution in [0.1, 0.15) is 10.4 Å². The lowest BCUT2D eigenvalue weighted by Crippen LogP contribution is -2.04. The third kappa shape index (κ3) is 1.51.